The fourth-order valence-corrected chi connectivity index (χ4v) is 1.64. The Bertz CT molecular complexity index is 558. The third-order valence-corrected chi connectivity index (χ3v) is 2.55. The molecule has 2 aromatic rings. The van der Waals surface area contributed by atoms with E-state index in [-0.39, 0.29) is 6.61 Å². The summed E-state index contributed by atoms with van der Waals surface area (Å²) >= 11 is 0. The number of carboxylic acids is 1. The molecule has 0 aliphatic heterocycles. The molecule has 0 fully saturated rings. The van der Waals surface area contributed by atoms with Crippen LogP contribution in [0.15, 0.2) is 30.3 Å². The summed E-state index contributed by atoms with van der Waals surface area (Å²) in [6, 6.07) is 9.74. The topological polar surface area (TPSA) is 64.3 Å². The predicted molar refractivity (Wildman–Crippen MR) is 66.5 cm³/mol. The molecule has 18 heavy (non-hydrogen) atoms. The number of benzene rings is 1. The van der Waals surface area contributed by atoms with Crippen LogP contribution in [-0.2, 0) is 11.8 Å². The normalized spacial score (nSPS) is 10.3. The maximum atomic E-state index is 10.4. The molecule has 1 N–H and O–H groups in total. The molecular weight excluding hydrogens is 232 g/mol. The molecule has 1 heterocycles. The number of carbonyl (C=O) groups is 1. The van der Waals surface area contributed by atoms with Crippen molar-refractivity contribution < 1.29 is 14.6 Å². The van der Waals surface area contributed by atoms with E-state index in [2.05, 4.69) is 5.10 Å². The van der Waals surface area contributed by atoms with Crippen LogP contribution in [0.5, 0.6) is 5.88 Å². The molecule has 0 atom stereocenters. The Morgan fingerprint density at radius 2 is 2.06 bits per heavy atom. The van der Waals surface area contributed by atoms with Crippen molar-refractivity contribution in [2.24, 2.45) is 7.05 Å². The van der Waals surface area contributed by atoms with Gasteiger partial charge in [0.05, 0.1) is 5.69 Å². The number of aromatic nitrogens is 2. The highest BCUT2D eigenvalue weighted by Gasteiger charge is 2.09. The van der Waals surface area contributed by atoms with Crippen molar-refractivity contribution in [1.82, 2.24) is 9.78 Å². The Morgan fingerprint density at radius 1 is 1.39 bits per heavy atom. The first-order chi connectivity index (χ1) is 8.56. The molecule has 0 unspecified atom stereocenters. The van der Waals surface area contributed by atoms with Crippen molar-refractivity contribution in [3.8, 4) is 17.1 Å². The highest BCUT2D eigenvalue weighted by molar-refractivity contribution is 5.68. The maximum absolute atomic E-state index is 10.4. The Morgan fingerprint density at radius 3 is 2.67 bits per heavy atom. The van der Waals surface area contributed by atoms with E-state index in [0.29, 0.717) is 5.88 Å². The number of carboxylic acid groups (broad SMARTS) is 1. The van der Waals surface area contributed by atoms with Crippen molar-refractivity contribution in [1.29, 1.82) is 0 Å². The largest absolute Gasteiger partial charge is 0.479 e. The molecule has 94 valence electrons. The fourth-order valence-electron chi connectivity index (χ4n) is 1.64. The van der Waals surface area contributed by atoms with Gasteiger partial charge in [-0.1, -0.05) is 29.8 Å². The quantitative estimate of drug-likeness (QED) is 0.894. The van der Waals surface area contributed by atoms with Gasteiger partial charge in [-0.05, 0) is 12.5 Å². The van der Waals surface area contributed by atoms with Crippen molar-refractivity contribution in [2.75, 3.05) is 6.61 Å². The Balaban J connectivity index is 2.23. The lowest BCUT2D eigenvalue weighted by Gasteiger charge is -2.01. The summed E-state index contributed by atoms with van der Waals surface area (Å²) in [6.45, 7) is 1.64. The van der Waals surface area contributed by atoms with E-state index < -0.39 is 5.97 Å². The van der Waals surface area contributed by atoms with Gasteiger partial charge in [-0.15, -0.1) is 5.10 Å². The SMILES string of the molecule is Cc1ccc(-c2cc(OCC(=O)O)nn2C)cc1. The second-order valence-corrected chi connectivity index (χ2v) is 4.04. The molecule has 2 rings (SSSR count). The van der Waals surface area contributed by atoms with Gasteiger partial charge in [0, 0.05) is 13.1 Å². The van der Waals surface area contributed by atoms with E-state index in [0.717, 1.165) is 11.3 Å². The van der Waals surface area contributed by atoms with Crippen molar-refractivity contribution >= 4 is 5.97 Å². The van der Waals surface area contributed by atoms with E-state index in [9.17, 15) is 4.79 Å². The number of aryl methyl sites for hydroxylation is 2. The van der Waals surface area contributed by atoms with Gasteiger partial charge in [-0.25, -0.2) is 4.79 Å². The third kappa shape index (κ3) is 2.68. The molecule has 0 bridgehead atoms. The highest BCUT2D eigenvalue weighted by atomic mass is 16.5. The van der Waals surface area contributed by atoms with Crippen molar-refractivity contribution in [3.05, 3.63) is 35.9 Å². The van der Waals surface area contributed by atoms with Gasteiger partial charge >= 0.3 is 5.97 Å². The van der Waals surface area contributed by atoms with Gasteiger partial charge in [-0.3, -0.25) is 4.68 Å². The summed E-state index contributed by atoms with van der Waals surface area (Å²) < 4.78 is 6.71. The first-order valence-electron chi connectivity index (χ1n) is 5.52. The van der Waals surface area contributed by atoms with Crippen LogP contribution in [0.25, 0.3) is 11.3 Å². The van der Waals surface area contributed by atoms with Gasteiger partial charge in [0.2, 0.25) is 5.88 Å². The molecule has 0 spiro atoms. The summed E-state index contributed by atoms with van der Waals surface area (Å²) in [4.78, 5) is 10.4. The molecule has 0 radical (unpaired) electrons. The molecule has 0 saturated heterocycles. The monoisotopic (exact) mass is 246 g/mol. The molecule has 1 aromatic carbocycles. The van der Waals surface area contributed by atoms with Gasteiger partial charge in [0.15, 0.2) is 6.61 Å². The van der Waals surface area contributed by atoms with E-state index in [1.54, 1.807) is 17.8 Å². The summed E-state index contributed by atoms with van der Waals surface area (Å²) in [5.41, 5.74) is 3.08. The van der Waals surface area contributed by atoms with Crippen LogP contribution in [0, 0.1) is 6.92 Å². The molecule has 0 aliphatic rings. The van der Waals surface area contributed by atoms with Crippen molar-refractivity contribution in [2.45, 2.75) is 6.92 Å². The Labute approximate surface area is 105 Å². The van der Waals surface area contributed by atoms with Crippen LogP contribution < -0.4 is 4.74 Å². The molecular formula is C13H14N2O3. The number of rotatable bonds is 4. The smallest absolute Gasteiger partial charge is 0.341 e. The average Bonchev–Trinajstić information content (AvgIpc) is 2.69. The Hall–Kier alpha value is -2.30. The standard InChI is InChI=1S/C13H14N2O3/c1-9-3-5-10(6-4-9)11-7-12(14-15(11)2)18-8-13(16)17/h3-7H,8H2,1-2H3,(H,16,17). The molecule has 0 amide bonds. The summed E-state index contributed by atoms with van der Waals surface area (Å²) in [7, 11) is 1.79. The highest BCUT2D eigenvalue weighted by Crippen LogP contribution is 2.23. The van der Waals surface area contributed by atoms with E-state index >= 15 is 0 Å². The lowest BCUT2D eigenvalue weighted by Crippen LogP contribution is -2.09. The van der Waals surface area contributed by atoms with Crippen LogP contribution in [0.3, 0.4) is 0 Å². The van der Waals surface area contributed by atoms with Crippen LogP contribution in [-0.4, -0.2) is 27.5 Å². The zero-order valence-electron chi connectivity index (χ0n) is 10.3. The first-order valence-corrected chi connectivity index (χ1v) is 5.52. The minimum absolute atomic E-state index is 0.315. The summed E-state index contributed by atoms with van der Waals surface area (Å²) in [5.74, 6) is -0.701. The predicted octanol–water partition coefficient (Wildman–Crippen LogP) is 1.86. The van der Waals surface area contributed by atoms with Gasteiger partial charge in [0.25, 0.3) is 0 Å². The molecule has 1 aromatic heterocycles. The fraction of sp³-hybridized carbons (Fsp3) is 0.231. The van der Waals surface area contributed by atoms with Gasteiger partial charge < -0.3 is 9.84 Å². The Kier molecular flexibility index (Phi) is 3.32. The number of nitrogens with zero attached hydrogens (tertiary/aromatic N) is 2. The average molecular weight is 246 g/mol. The van der Waals surface area contributed by atoms with E-state index in [1.807, 2.05) is 31.2 Å². The number of ether oxygens (including phenoxy) is 1. The van der Waals surface area contributed by atoms with E-state index in [1.165, 1.54) is 5.56 Å². The minimum Gasteiger partial charge on any atom is -0.479 e. The van der Waals surface area contributed by atoms with Crippen LogP contribution in [0.4, 0.5) is 0 Å². The molecule has 5 heteroatoms. The van der Waals surface area contributed by atoms with Crippen LogP contribution in [0.1, 0.15) is 5.56 Å². The van der Waals surface area contributed by atoms with Gasteiger partial charge in [-0.2, -0.15) is 0 Å². The van der Waals surface area contributed by atoms with Crippen molar-refractivity contribution in [3.63, 3.8) is 0 Å². The van der Waals surface area contributed by atoms with Gasteiger partial charge in [0.1, 0.15) is 0 Å². The lowest BCUT2D eigenvalue weighted by atomic mass is 10.1. The van der Waals surface area contributed by atoms with Crippen LogP contribution >= 0.6 is 0 Å². The van der Waals surface area contributed by atoms with E-state index in [4.69, 9.17) is 9.84 Å². The minimum atomic E-state index is -1.02. The zero-order chi connectivity index (χ0) is 13.1. The molecule has 5 nitrogen and oxygen atoms in total. The molecule has 0 saturated carbocycles. The van der Waals surface area contributed by atoms with Crippen LogP contribution in [0.2, 0.25) is 0 Å². The summed E-state index contributed by atoms with van der Waals surface area (Å²) in [6.07, 6.45) is 0. The molecule has 0 aliphatic carbocycles. The number of aliphatic carboxylic acids is 1. The number of hydrogen-bond acceptors (Lipinski definition) is 3. The lowest BCUT2D eigenvalue weighted by molar-refractivity contribution is -0.139. The first kappa shape index (κ1) is 12.2. The zero-order valence-corrected chi connectivity index (χ0v) is 10.3. The summed E-state index contributed by atoms with van der Waals surface area (Å²) in [5, 5.41) is 12.7. The maximum Gasteiger partial charge on any atom is 0.341 e. The third-order valence-electron chi connectivity index (χ3n) is 2.55. The second-order valence-electron chi connectivity index (χ2n) is 4.04. The number of hydrogen-bond donors (Lipinski definition) is 1. The second kappa shape index (κ2) is 4.91.